The molecule has 0 bridgehead atoms. The molecule has 8 atom stereocenters. The second-order valence-electron chi connectivity index (χ2n) is 9.94. The highest BCUT2D eigenvalue weighted by Crippen LogP contribution is 2.66. The van der Waals surface area contributed by atoms with Crippen LogP contribution in [0, 0.1) is 34.5 Å². The summed E-state index contributed by atoms with van der Waals surface area (Å²) in [6, 6.07) is 0.606. The maximum atomic E-state index is 10.1. The SMILES string of the molecule is C[C@]12CC[C@@H](O)C[C@@H]1CC[C@H]1[C@H]2CC[C@]2(C)[C@@H](NCCO)CC[C@H]12. The molecular formula is C21H37NO2. The third-order valence-electron chi connectivity index (χ3n) is 9.14. The van der Waals surface area contributed by atoms with Gasteiger partial charge >= 0.3 is 0 Å². The molecule has 0 aliphatic heterocycles. The third-order valence-corrected chi connectivity index (χ3v) is 9.14. The van der Waals surface area contributed by atoms with Crippen molar-refractivity contribution < 1.29 is 10.2 Å². The number of rotatable bonds is 3. The lowest BCUT2D eigenvalue weighted by molar-refractivity contribution is -0.123. The largest absolute Gasteiger partial charge is 0.395 e. The first-order valence-corrected chi connectivity index (χ1v) is 10.5. The van der Waals surface area contributed by atoms with Crippen molar-refractivity contribution in [2.24, 2.45) is 34.5 Å². The zero-order valence-electron chi connectivity index (χ0n) is 15.6. The minimum Gasteiger partial charge on any atom is -0.395 e. The highest BCUT2D eigenvalue weighted by Gasteiger charge is 2.59. The van der Waals surface area contributed by atoms with Gasteiger partial charge in [-0.05, 0) is 92.3 Å². The van der Waals surface area contributed by atoms with E-state index in [-0.39, 0.29) is 12.7 Å². The molecule has 0 aromatic carbocycles. The van der Waals surface area contributed by atoms with Crippen LogP contribution in [-0.2, 0) is 0 Å². The standard InChI is InChI=1S/C21H37NO2/c1-20-9-7-15(24)13-14(20)3-4-16-17-5-6-19(22-11-12-23)21(17,2)10-8-18(16)20/h14-19,22-24H,3-13H2,1-2H3/t14-,15+,16+,17+,18+,19-,20-,21-/m0/s1. The highest BCUT2D eigenvalue weighted by molar-refractivity contribution is 5.10. The van der Waals surface area contributed by atoms with Crippen LogP contribution in [-0.4, -0.2) is 35.5 Å². The van der Waals surface area contributed by atoms with E-state index in [1.54, 1.807) is 0 Å². The molecule has 4 aliphatic rings. The second kappa shape index (κ2) is 6.25. The molecule has 3 nitrogen and oxygen atoms in total. The lowest BCUT2D eigenvalue weighted by atomic mass is 9.45. The normalized spacial score (nSPS) is 54.0. The molecule has 4 fully saturated rings. The minimum absolute atomic E-state index is 0.0352. The van der Waals surface area contributed by atoms with Crippen LogP contribution in [0.5, 0.6) is 0 Å². The topological polar surface area (TPSA) is 52.5 Å². The van der Waals surface area contributed by atoms with Gasteiger partial charge in [0.05, 0.1) is 12.7 Å². The summed E-state index contributed by atoms with van der Waals surface area (Å²) in [5, 5.41) is 23.0. The summed E-state index contributed by atoms with van der Waals surface area (Å²) < 4.78 is 0. The van der Waals surface area contributed by atoms with Gasteiger partial charge in [0, 0.05) is 12.6 Å². The molecule has 0 amide bonds. The van der Waals surface area contributed by atoms with Gasteiger partial charge in [-0.15, -0.1) is 0 Å². The Morgan fingerprint density at radius 3 is 2.46 bits per heavy atom. The summed E-state index contributed by atoms with van der Waals surface area (Å²) in [5.74, 6) is 3.42. The van der Waals surface area contributed by atoms with E-state index in [9.17, 15) is 10.2 Å². The average Bonchev–Trinajstić information content (AvgIpc) is 2.90. The number of hydrogen-bond donors (Lipinski definition) is 3. The lowest BCUT2D eigenvalue weighted by Gasteiger charge is -2.61. The predicted octanol–water partition coefficient (Wildman–Crippen LogP) is 3.34. The van der Waals surface area contributed by atoms with Gasteiger partial charge < -0.3 is 15.5 Å². The first-order chi connectivity index (χ1) is 11.5. The molecule has 138 valence electrons. The zero-order valence-corrected chi connectivity index (χ0v) is 15.6. The van der Waals surface area contributed by atoms with Gasteiger partial charge in [-0.3, -0.25) is 0 Å². The van der Waals surface area contributed by atoms with Crippen molar-refractivity contribution in [2.75, 3.05) is 13.2 Å². The van der Waals surface area contributed by atoms with Crippen molar-refractivity contribution in [3.8, 4) is 0 Å². The minimum atomic E-state index is -0.0352. The van der Waals surface area contributed by atoms with Crippen LogP contribution in [0.3, 0.4) is 0 Å². The highest BCUT2D eigenvalue weighted by atomic mass is 16.3. The summed E-state index contributed by atoms with van der Waals surface area (Å²) in [5.41, 5.74) is 0.924. The van der Waals surface area contributed by atoms with E-state index in [1.807, 2.05) is 0 Å². The Bertz CT molecular complexity index is 469. The number of hydrogen-bond acceptors (Lipinski definition) is 3. The molecule has 0 heterocycles. The molecule has 4 aliphatic carbocycles. The Kier molecular flexibility index (Phi) is 4.50. The Morgan fingerprint density at radius 1 is 0.917 bits per heavy atom. The van der Waals surface area contributed by atoms with Crippen molar-refractivity contribution in [1.29, 1.82) is 0 Å². The molecule has 24 heavy (non-hydrogen) atoms. The molecule has 0 spiro atoms. The van der Waals surface area contributed by atoms with Gasteiger partial charge in [0.25, 0.3) is 0 Å². The van der Waals surface area contributed by atoms with Gasteiger partial charge in [-0.2, -0.15) is 0 Å². The summed E-state index contributed by atoms with van der Waals surface area (Å²) in [7, 11) is 0. The van der Waals surface area contributed by atoms with E-state index in [4.69, 9.17) is 0 Å². The van der Waals surface area contributed by atoms with E-state index < -0.39 is 0 Å². The summed E-state index contributed by atoms with van der Waals surface area (Å²) in [6.07, 6.45) is 11.4. The number of aliphatic hydroxyl groups excluding tert-OH is 2. The molecule has 0 aromatic heterocycles. The number of nitrogens with one attached hydrogen (secondary N) is 1. The second-order valence-corrected chi connectivity index (χ2v) is 9.94. The predicted molar refractivity (Wildman–Crippen MR) is 96.6 cm³/mol. The van der Waals surface area contributed by atoms with E-state index in [0.29, 0.717) is 16.9 Å². The van der Waals surface area contributed by atoms with Crippen LogP contribution in [0.25, 0.3) is 0 Å². The van der Waals surface area contributed by atoms with Crippen molar-refractivity contribution in [1.82, 2.24) is 5.32 Å². The van der Waals surface area contributed by atoms with Gasteiger partial charge in [0.15, 0.2) is 0 Å². The van der Waals surface area contributed by atoms with Crippen LogP contribution in [0.2, 0.25) is 0 Å². The van der Waals surface area contributed by atoms with Crippen LogP contribution in [0.1, 0.15) is 71.6 Å². The Labute approximate surface area is 147 Å². The summed E-state index contributed by atoms with van der Waals surface area (Å²) in [4.78, 5) is 0. The maximum absolute atomic E-state index is 10.1. The molecule has 0 radical (unpaired) electrons. The molecule has 3 N–H and O–H groups in total. The third kappa shape index (κ3) is 2.49. The van der Waals surface area contributed by atoms with Crippen molar-refractivity contribution in [2.45, 2.75) is 83.8 Å². The monoisotopic (exact) mass is 335 g/mol. The van der Waals surface area contributed by atoms with Crippen LogP contribution in [0.15, 0.2) is 0 Å². The number of fused-ring (bicyclic) bond motifs is 5. The smallest absolute Gasteiger partial charge is 0.0556 e. The quantitative estimate of drug-likeness (QED) is 0.741. The van der Waals surface area contributed by atoms with Crippen molar-refractivity contribution >= 4 is 0 Å². The first kappa shape index (κ1) is 17.3. The summed E-state index contributed by atoms with van der Waals surface area (Å²) >= 11 is 0. The Morgan fingerprint density at radius 2 is 1.67 bits per heavy atom. The first-order valence-electron chi connectivity index (χ1n) is 10.5. The molecule has 0 unspecified atom stereocenters. The fourth-order valence-electron chi connectivity index (χ4n) is 7.81. The Hall–Kier alpha value is -0.120. The van der Waals surface area contributed by atoms with Gasteiger partial charge in [-0.1, -0.05) is 13.8 Å². The van der Waals surface area contributed by atoms with Crippen molar-refractivity contribution in [3.63, 3.8) is 0 Å². The van der Waals surface area contributed by atoms with Gasteiger partial charge in [-0.25, -0.2) is 0 Å². The van der Waals surface area contributed by atoms with Crippen LogP contribution in [0.4, 0.5) is 0 Å². The van der Waals surface area contributed by atoms with E-state index in [2.05, 4.69) is 19.2 Å². The molecule has 4 saturated carbocycles. The van der Waals surface area contributed by atoms with Gasteiger partial charge in [0.1, 0.15) is 0 Å². The molecule has 0 aromatic rings. The summed E-state index contributed by atoms with van der Waals surface area (Å²) in [6.45, 7) is 6.11. The number of aliphatic hydroxyl groups is 2. The Balaban J connectivity index is 1.54. The van der Waals surface area contributed by atoms with Gasteiger partial charge in [0.2, 0.25) is 0 Å². The lowest BCUT2D eigenvalue weighted by Crippen LogP contribution is -2.55. The van der Waals surface area contributed by atoms with Crippen LogP contribution < -0.4 is 5.32 Å². The fraction of sp³-hybridized carbons (Fsp3) is 1.00. The zero-order chi connectivity index (χ0) is 16.9. The molecule has 4 rings (SSSR count). The molecular weight excluding hydrogens is 298 g/mol. The van der Waals surface area contributed by atoms with E-state index in [1.165, 1.54) is 44.9 Å². The fourth-order valence-corrected chi connectivity index (χ4v) is 7.81. The maximum Gasteiger partial charge on any atom is 0.0556 e. The molecule has 0 saturated heterocycles. The van der Waals surface area contributed by atoms with E-state index >= 15 is 0 Å². The van der Waals surface area contributed by atoms with E-state index in [0.717, 1.165) is 43.1 Å². The molecule has 3 heteroatoms. The van der Waals surface area contributed by atoms with Crippen LogP contribution >= 0.6 is 0 Å². The van der Waals surface area contributed by atoms with Crippen molar-refractivity contribution in [3.05, 3.63) is 0 Å². The average molecular weight is 336 g/mol.